The Morgan fingerprint density at radius 3 is 2.58 bits per heavy atom. The number of nitrogens with two attached hydrogens (primary N) is 1. The lowest BCUT2D eigenvalue weighted by atomic mass is 10.2. The van der Waals surface area contributed by atoms with Gasteiger partial charge in [0, 0.05) is 6.54 Å². The van der Waals surface area contributed by atoms with Crippen molar-refractivity contribution < 1.29 is 13.2 Å². The fourth-order valence-electron chi connectivity index (χ4n) is 2.25. The first-order valence-corrected chi connectivity index (χ1v) is 8.74. The van der Waals surface area contributed by atoms with Crippen LogP contribution < -0.4 is 17.0 Å². The summed E-state index contributed by atoms with van der Waals surface area (Å²) in [5.74, 6) is -0.766. The molecule has 0 aliphatic heterocycles. The zero-order chi connectivity index (χ0) is 17.9. The SMILES string of the molecule is CCCCN(CC(N)=O)S(=O)(=O)c1ccc2[nH]c(=O)[nH]c(=O)c2c1. The number of benzene rings is 1. The van der Waals surface area contributed by atoms with E-state index in [1.54, 1.807) is 0 Å². The largest absolute Gasteiger partial charge is 0.369 e. The Balaban J connectivity index is 2.54. The first-order chi connectivity index (χ1) is 11.3. The normalized spacial score (nSPS) is 11.9. The zero-order valence-corrected chi connectivity index (χ0v) is 13.9. The van der Waals surface area contributed by atoms with Crippen molar-refractivity contribution in [2.75, 3.05) is 13.1 Å². The third-order valence-corrected chi connectivity index (χ3v) is 5.28. The molecule has 0 aliphatic carbocycles. The summed E-state index contributed by atoms with van der Waals surface area (Å²) in [5, 5.41) is 0.0326. The molecule has 130 valence electrons. The van der Waals surface area contributed by atoms with Gasteiger partial charge in [-0.1, -0.05) is 13.3 Å². The van der Waals surface area contributed by atoms with Crippen molar-refractivity contribution >= 4 is 26.8 Å². The maximum atomic E-state index is 12.7. The molecule has 10 heteroatoms. The summed E-state index contributed by atoms with van der Waals surface area (Å²) in [5.41, 5.74) is 3.98. The summed E-state index contributed by atoms with van der Waals surface area (Å²) < 4.78 is 26.4. The number of sulfonamides is 1. The number of H-pyrrole nitrogens is 2. The molecule has 0 aliphatic rings. The monoisotopic (exact) mass is 354 g/mol. The lowest BCUT2D eigenvalue weighted by molar-refractivity contribution is -0.118. The molecule has 1 aromatic carbocycles. The third-order valence-electron chi connectivity index (χ3n) is 3.44. The Bertz CT molecular complexity index is 977. The summed E-state index contributed by atoms with van der Waals surface area (Å²) in [6.45, 7) is 1.59. The number of aromatic nitrogens is 2. The summed E-state index contributed by atoms with van der Waals surface area (Å²) in [4.78, 5) is 38.6. The number of unbranched alkanes of at least 4 members (excludes halogenated alkanes) is 1. The van der Waals surface area contributed by atoms with Crippen molar-refractivity contribution in [1.82, 2.24) is 14.3 Å². The van der Waals surface area contributed by atoms with Gasteiger partial charge in [0.2, 0.25) is 15.9 Å². The van der Waals surface area contributed by atoms with Gasteiger partial charge in [-0.25, -0.2) is 13.2 Å². The number of primary amides is 1. The van der Waals surface area contributed by atoms with Crippen molar-refractivity contribution in [1.29, 1.82) is 0 Å². The Kier molecular flexibility index (Phi) is 5.20. The molecule has 0 saturated carbocycles. The van der Waals surface area contributed by atoms with Crippen molar-refractivity contribution in [2.45, 2.75) is 24.7 Å². The van der Waals surface area contributed by atoms with Crippen molar-refractivity contribution in [3.63, 3.8) is 0 Å². The molecular weight excluding hydrogens is 336 g/mol. The molecule has 0 fully saturated rings. The first kappa shape index (κ1) is 17.9. The van der Waals surface area contributed by atoms with Gasteiger partial charge in [-0.05, 0) is 24.6 Å². The third kappa shape index (κ3) is 3.71. The van der Waals surface area contributed by atoms with Gasteiger partial charge in [0.25, 0.3) is 5.56 Å². The van der Waals surface area contributed by atoms with Crippen molar-refractivity contribution in [3.05, 3.63) is 39.0 Å². The van der Waals surface area contributed by atoms with Crippen molar-refractivity contribution in [3.8, 4) is 0 Å². The molecule has 0 unspecified atom stereocenters. The second-order valence-corrected chi connectivity index (χ2v) is 7.21. The van der Waals surface area contributed by atoms with Crippen LogP contribution in [0, 0.1) is 0 Å². The van der Waals surface area contributed by atoms with Crippen LogP contribution in [0.4, 0.5) is 0 Å². The van der Waals surface area contributed by atoms with Crippen molar-refractivity contribution in [2.24, 2.45) is 5.73 Å². The molecule has 9 nitrogen and oxygen atoms in total. The second-order valence-electron chi connectivity index (χ2n) is 5.27. The quantitative estimate of drug-likeness (QED) is 0.613. The average Bonchev–Trinajstić information content (AvgIpc) is 2.50. The van der Waals surface area contributed by atoms with E-state index in [1.807, 2.05) is 11.9 Å². The van der Waals surface area contributed by atoms with Gasteiger partial charge >= 0.3 is 5.69 Å². The molecule has 0 saturated heterocycles. The standard InChI is InChI=1S/C14H18N4O5S/c1-2-3-6-18(8-12(15)19)24(22,23)9-4-5-11-10(7-9)13(20)17-14(21)16-11/h4-5,7H,2-3,6,8H2,1H3,(H2,15,19)(H2,16,17,20,21). The number of aromatic amines is 2. The minimum Gasteiger partial charge on any atom is -0.369 e. The van der Waals surface area contributed by atoms with Crippen LogP contribution in [0.2, 0.25) is 0 Å². The predicted molar refractivity (Wildman–Crippen MR) is 88.1 cm³/mol. The minimum absolute atomic E-state index is 0.0326. The number of fused-ring (bicyclic) bond motifs is 1. The van der Waals surface area contributed by atoms with Crippen LogP contribution in [-0.4, -0.2) is 41.7 Å². The lowest BCUT2D eigenvalue weighted by Gasteiger charge is -2.20. The van der Waals surface area contributed by atoms with Gasteiger partial charge in [0.05, 0.1) is 22.3 Å². The van der Waals surface area contributed by atoms with Crippen LogP contribution in [0.5, 0.6) is 0 Å². The number of amides is 1. The zero-order valence-electron chi connectivity index (χ0n) is 13.0. The Labute approximate surface area is 137 Å². The molecule has 2 rings (SSSR count). The van der Waals surface area contributed by atoms with Crippen LogP contribution in [0.1, 0.15) is 19.8 Å². The first-order valence-electron chi connectivity index (χ1n) is 7.30. The molecule has 0 spiro atoms. The summed E-state index contributed by atoms with van der Waals surface area (Å²) in [6.07, 6.45) is 1.30. The van der Waals surface area contributed by atoms with Crippen LogP contribution >= 0.6 is 0 Å². The summed E-state index contributed by atoms with van der Waals surface area (Å²) in [7, 11) is -4.00. The van der Waals surface area contributed by atoms with Gasteiger partial charge in [0.15, 0.2) is 0 Å². The van der Waals surface area contributed by atoms with E-state index in [4.69, 9.17) is 5.73 Å². The molecule has 4 N–H and O–H groups in total. The van der Waals surface area contributed by atoms with E-state index in [2.05, 4.69) is 4.98 Å². The predicted octanol–water partition coefficient (Wildman–Crippen LogP) is -0.507. The molecule has 0 atom stereocenters. The van der Waals surface area contributed by atoms with E-state index in [0.717, 1.165) is 10.7 Å². The Hall–Kier alpha value is -2.46. The second kappa shape index (κ2) is 6.97. The van der Waals surface area contributed by atoms with Gasteiger partial charge in [0.1, 0.15) is 0 Å². The van der Waals surface area contributed by atoms with E-state index in [1.165, 1.54) is 18.2 Å². The van der Waals surface area contributed by atoms with E-state index < -0.39 is 33.7 Å². The fraction of sp³-hybridized carbons (Fsp3) is 0.357. The number of hydrogen-bond acceptors (Lipinski definition) is 5. The van der Waals surface area contributed by atoms with Crippen LogP contribution in [0.25, 0.3) is 10.9 Å². The van der Waals surface area contributed by atoms with Crippen LogP contribution in [-0.2, 0) is 14.8 Å². The highest BCUT2D eigenvalue weighted by Crippen LogP contribution is 2.19. The van der Waals surface area contributed by atoms with E-state index in [9.17, 15) is 22.8 Å². The number of nitrogens with one attached hydrogen (secondary N) is 2. The number of rotatable bonds is 7. The molecular formula is C14H18N4O5S. The number of hydrogen-bond donors (Lipinski definition) is 3. The Morgan fingerprint density at radius 2 is 1.96 bits per heavy atom. The molecule has 1 amide bonds. The smallest absolute Gasteiger partial charge is 0.326 e. The molecule has 0 bridgehead atoms. The molecule has 1 heterocycles. The molecule has 0 radical (unpaired) electrons. The highest BCUT2D eigenvalue weighted by atomic mass is 32.2. The highest BCUT2D eigenvalue weighted by Gasteiger charge is 2.26. The van der Waals surface area contributed by atoms with Crippen LogP contribution in [0.3, 0.4) is 0 Å². The Morgan fingerprint density at radius 1 is 1.25 bits per heavy atom. The van der Waals surface area contributed by atoms with Crippen LogP contribution in [0.15, 0.2) is 32.7 Å². The van der Waals surface area contributed by atoms with Gasteiger partial charge < -0.3 is 10.7 Å². The number of nitrogens with zero attached hydrogens (tertiary/aromatic N) is 1. The number of carbonyl (C=O) groups excluding carboxylic acids is 1. The summed E-state index contributed by atoms with van der Waals surface area (Å²) in [6, 6.07) is 3.77. The minimum atomic E-state index is -4.00. The van der Waals surface area contributed by atoms with Gasteiger partial charge in [-0.3, -0.25) is 14.6 Å². The molecule has 2 aromatic rings. The topological polar surface area (TPSA) is 146 Å². The fourth-order valence-corrected chi connectivity index (χ4v) is 3.72. The van der Waals surface area contributed by atoms with E-state index in [0.29, 0.717) is 6.42 Å². The average molecular weight is 354 g/mol. The molecule has 24 heavy (non-hydrogen) atoms. The summed E-state index contributed by atoms with van der Waals surface area (Å²) >= 11 is 0. The van der Waals surface area contributed by atoms with E-state index >= 15 is 0 Å². The highest BCUT2D eigenvalue weighted by molar-refractivity contribution is 7.89. The maximum Gasteiger partial charge on any atom is 0.326 e. The molecule has 1 aromatic heterocycles. The van der Waals surface area contributed by atoms with E-state index in [-0.39, 0.29) is 22.3 Å². The van der Waals surface area contributed by atoms with Gasteiger partial charge in [-0.15, -0.1) is 0 Å². The lowest BCUT2D eigenvalue weighted by Crippen LogP contribution is -2.39. The number of carbonyl (C=O) groups is 1. The van der Waals surface area contributed by atoms with Gasteiger partial charge in [-0.2, -0.15) is 4.31 Å². The maximum absolute atomic E-state index is 12.7.